The van der Waals surface area contributed by atoms with Crippen molar-refractivity contribution in [3.63, 3.8) is 0 Å². The van der Waals surface area contributed by atoms with Crippen molar-refractivity contribution < 1.29 is 9.53 Å². The molecule has 0 radical (unpaired) electrons. The normalized spacial score (nSPS) is 10.6. The van der Waals surface area contributed by atoms with Gasteiger partial charge in [-0.2, -0.15) is 0 Å². The molecule has 3 rings (SSSR count). The highest BCUT2D eigenvalue weighted by Gasteiger charge is 2.09. The van der Waals surface area contributed by atoms with E-state index in [0.717, 1.165) is 38.8 Å². The third kappa shape index (κ3) is 4.84. The predicted molar refractivity (Wildman–Crippen MR) is 106 cm³/mol. The van der Waals surface area contributed by atoms with E-state index in [4.69, 9.17) is 16.3 Å². The lowest BCUT2D eigenvalue weighted by molar-refractivity contribution is -0.118. The summed E-state index contributed by atoms with van der Waals surface area (Å²) in [6.07, 6.45) is 2.53. The highest BCUT2D eigenvalue weighted by Crippen LogP contribution is 2.23. The lowest BCUT2D eigenvalue weighted by Gasteiger charge is -2.10. The minimum Gasteiger partial charge on any atom is -0.483 e. The van der Waals surface area contributed by atoms with Crippen molar-refractivity contribution >= 4 is 34.0 Å². The number of aryl methyl sites for hydroxylation is 1. The number of benzene rings is 2. The van der Waals surface area contributed by atoms with Crippen LogP contribution in [0.5, 0.6) is 5.75 Å². The molecule has 6 heteroatoms. The van der Waals surface area contributed by atoms with Gasteiger partial charge < -0.3 is 4.74 Å². The number of ether oxygens (including phenoxy) is 1. The van der Waals surface area contributed by atoms with Crippen LogP contribution >= 0.6 is 22.9 Å². The number of nitrogens with one attached hydrogen (secondary N) is 1. The van der Waals surface area contributed by atoms with Gasteiger partial charge in [-0.15, -0.1) is 11.3 Å². The Hall–Kier alpha value is -2.37. The average Bonchev–Trinajstić information content (AvgIpc) is 3.05. The molecule has 26 heavy (non-hydrogen) atoms. The van der Waals surface area contributed by atoms with Crippen molar-refractivity contribution in [1.82, 2.24) is 4.98 Å². The molecule has 1 aromatic heterocycles. The molecular weight excluding hydrogens is 368 g/mol. The van der Waals surface area contributed by atoms with Crippen LogP contribution in [0, 0.1) is 13.8 Å². The number of rotatable bonds is 6. The van der Waals surface area contributed by atoms with E-state index in [1.54, 1.807) is 6.20 Å². The third-order valence-corrected chi connectivity index (χ3v) is 5.17. The SMILES string of the molecule is Cc1cccc(OCC(=O)Nc2ncc(Cc3ccc(Cl)cc3)s2)c1C. The smallest absolute Gasteiger partial charge is 0.264 e. The van der Waals surface area contributed by atoms with E-state index in [1.807, 2.05) is 56.3 Å². The predicted octanol–water partition coefficient (Wildman–Crippen LogP) is 5.02. The Kier molecular flexibility index (Phi) is 5.91. The van der Waals surface area contributed by atoms with E-state index in [0.29, 0.717) is 5.13 Å². The van der Waals surface area contributed by atoms with Gasteiger partial charge in [0.1, 0.15) is 5.75 Å². The topological polar surface area (TPSA) is 51.2 Å². The maximum absolute atomic E-state index is 12.1. The molecule has 0 aliphatic heterocycles. The number of carbonyl (C=O) groups excluding carboxylic acids is 1. The Morgan fingerprint density at radius 3 is 2.73 bits per heavy atom. The van der Waals surface area contributed by atoms with Crippen LogP contribution in [-0.4, -0.2) is 17.5 Å². The van der Waals surface area contributed by atoms with Crippen LogP contribution in [0.15, 0.2) is 48.7 Å². The highest BCUT2D eigenvalue weighted by molar-refractivity contribution is 7.15. The third-order valence-electron chi connectivity index (χ3n) is 4.01. The Morgan fingerprint density at radius 1 is 1.19 bits per heavy atom. The molecule has 0 unspecified atom stereocenters. The van der Waals surface area contributed by atoms with Gasteiger partial charge in [0.05, 0.1) is 0 Å². The monoisotopic (exact) mass is 386 g/mol. The zero-order chi connectivity index (χ0) is 18.5. The fourth-order valence-corrected chi connectivity index (χ4v) is 3.42. The second-order valence-corrected chi connectivity index (χ2v) is 7.52. The van der Waals surface area contributed by atoms with Crippen LogP contribution in [0.25, 0.3) is 0 Å². The lowest BCUT2D eigenvalue weighted by Crippen LogP contribution is -2.20. The number of hydrogen-bond acceptors (Lipinski definition) is 4. The van der Waals surface area contributed by atoms with Crippen LogP contribution in [0.2, 0.25) is 5.02 Å². The first-order valence-electron chi connectivity index (χ1n) is 8.19. The number of hydrogen-bond donors (Lipinski definition) is 1. The molecule has 2 aromatic carbocycles. The summed E-state index contributed by atoms with van der Waals surface area (Å²) in [4.78, 5) is 17.4. The number of thiazole rings is 1. The maximum atomic E-state index is 12.1. The summed E-state index contributed by atoms with van der Waals surface area (Å²) < 4.78 is 5.62. The first-order chi connectivity index (χ1) is 12.5. The fraction of sp³-hybridized carbons (Fsp3) is 0.200. The summed E-state index contributed by atoms with van der Waals surface area (Å²) in [6, 6.07) is 13.5. The fourth-order valence-electron chi connectivity index (χ4n) is 2.43. The van der Waals surface area contributed by atoms with Crippen LogP contribution in [0.3, 0.4) is 0 Å². The van der Waals surface area contributed by atoms with Gasteiger partial charge >= 0.3 is 0 Å². The van der Waals surface area contributed by atoms with Gasteiger partial charge in [0.25, 0.3) is 5.91 Å². The van der Waals surface area contributed by atoms with Gasteiger partial charge in [0.2, 0.25) is 0 Å². The van der Waals surface area contributed by atoms with Gasteiger partial charge in [-0.3, -0.25) is 10.1 Å². The molecule has 1 N–H and O–H groups in total. The highest BCUT2D eigenvalue weighted by atomic mass is 35.5. The standard InChI is InChI=1S/C20H19ClN2O2S/c1-13-4-3-5-18(14(13)2)25-12-19(24)23-20-22-11-17(26-20)10-15-6-8-16(21)9-7-15/h3-9,11H,10,12H2,1-2H3,(H,22,23,24). The summed E-state index contributed by atoms with van der Waals surface area (Å²) in [7, 11) is 0. The molecule has 0 saturated carbocycles. The van der Waals surface area contributed by atoms with Crippen molar-refractivity contribution in [1.29, 1.82) is 0 Å². The molecule has 3 aromatic rings. The van der Waals surface area contributed by atoms with Crippen LogP contribution < -0.4 is 10.1 Å². The number of halogens is 1. The van der Waals surface area contributed by atoms with E-state index < -0.39 is 0 Å². The molecule has 134 valence electrons. The maximum Gasteiger partial charge on any atom is 0.264 e. The Bertz CT molecular complexity index is 906. The summed E-state index contributed by atoms with van der Waals surface area (Å²) in [5.41, 5.74) is 3.32. The summed E-state index contributed by atoms with van der Waals surface area (Å²) in [5, 5.41) is 4.07. The van der Waals surface area contributed by atoms with Crippen LogP contribution in [0.1, 0.15) is 21.6 Å². The van der Waals surface area contributed by atoms with Gasteiger partial charge in [-0.05, 0) is 48.7 Å². The van der Waals surface area contributed by atoms with E-state index >= 15 is 0 Å². The number of anilines is 1. The van der Waals surface area contributed by atoms with Crippen molar-refractivity contribution in [3.8, 4) is 5.75 Å². The minimum absolute atomic E-state index is 0.0452. The van der Waals surface area contributed by atoms with E-state index in [1.165, 1.54) is 11.3 Å². The molecule has 4 nitrogen and oxygen atoms in total. The second-order valence-electron chi connectivity index (χ2n) is 5.97. The number of aromatic nitrogens is 1. The molecule has 0 aliphatic carbocycles. The van der Waals surface area contributed by atoms with Gasteiger partial charge in [0, 0.05) is 22.5 Å². The summed E-state index contributed by atoms with van der Waals surface area (Å²) >= 11 is 7.36. The van der Waals surface area contributed by atoms with Crippen molar-refractivity contribution in [2.24, 2.45) is 0 Å². The number of nitrogens with zero attached hydrogens (tertiary/aromatic N) is 1. The molecule has 1 heterocycles. The van der Waals surface area contributed by atoms with Crippen LogP contribution in [0.4, 0.5) is 5.13 Å². The first kappa shape index (κ1) is 18.4. The largest absolute Gasteiger partial charge is 0.483 e. The molecule has 0 spiro atoms. The second kappa shape index (κ2) is 8.34. The molecule has 1 amide bonds. The Balaban J connectivity index is 1.54. The van der Waals surface area contributed by atoms with Gasteiger partial charge in [-0.1, -0.05) is 35.9 Å². The average molecular weight is 387 g/mol. The molecule has 0 atom stereocenters. The molecular formula is C20H19ClN2O2S. The van der Waals surface area contributed by atoms with Crippen molar-refractivity contribution in [2.75, 3.05) is 11.9 Å². The number of carbonyl (C=O) groups is 1. The van der Waals surface area contributed by atoms with Gasteiger partial charge in [0.15, 0.2) is 11.7 Å². The Labute approximate surface area is 161 Å². The summed E-state index contributed by atoms with van der Waals surface area (Å²) in [5.74, 6) is 0.501. The Morgan fingerprint density at radius 2 is 1.96 bits per heavy atom. The first-order valence-corrected chi connectivity index (χ1v) is 9.39. The molecule has 0 bridgehead atoms. The zero-order valence-electron chi connectivity index (χ0n) is 14.6. The minimum atomic E-state index is -0.224. The molecule has 0 saturated heterocycles. The quantitative estimate of drug-likeness (QED) is 0.647. The molecule has 0 aliphatic rings. The van der Waals surface area contributed by atoms with Gasteiger partial charge in [-0.25, -0.2) is 4.98 Å². The van der Waals surface area contributed by atoms with Crippen LogP contribution in [-0.2, 0) is 11.2 Å². The van der Waals surface area contributed by atoms with E-state index in [9.17, 15) is 4.79 Å². The zero-order valence-corrected chi connectivity index (χ0v) is 16.2. The van der Waals surface area contributed by atoms with Crippen molar-refractivity contribution in [2.45, 2.75) is 20.3 Å². The number of amides is 1. The lowest BCUT2D eigenvalue weighted by atomic mass is 10.1. The summed E-state index contributed by atoms with van der Waals surface area (Å²) in [6.45, 7) is 3.95. The van der Waals surface area contributed by atoms with E-state index in [2.05, 4.69) is 10.3 Å². The van der Waals surface area contributed by atoms with Crippen molar-refractivity contribution in [3.05, 3.63) is 75.3 Å². The molecule has 0 fully saturated rings. The van der Waals surface area contributed by atoms with E-state index in [-0.39, 0.29) is 12.5 Å².